The van der Waals surface area contributed by atoms with Crippen molar-refractivity contribution in [2.75, 3.05) is 7.11 Å². The SMILES string of the molecule is COc1cc(/C=C2/N=C(c3ccccc3)OC2=O)ccc1CC(=O)c1cccs1. The van der Waals surface area contributed by atoms with Crippen molar-refractivity contribution in [3.8, 4) is 5.75 Å². The van der Waals surface area contributed by atoms with Crippen molar-refractivity contribution in [2.24, 2.45) is 4.99 Å². The molecule has 29 heavy (non-hydrogen) atoms. The van der Waals surface area contributed by atoms with Crippen LogP contribution in [0.3, 0.4) is 0 Å². The molecule has 0 atom stereocenters. The molecular formula is C23H17NO4S. The van der Waals surface area contributed by atoms with Crippen LogP contribution in [0.2, 0.25) is 0 Å². The van der Waals surface area contributed by atoms with Gasteiger partial charge in [0.15, 0.2) is 11.5 Å². The van der Waals surface area contributed by atoms with Gasteiger partial charge in [0.25, 0.3) is 0 Å². The van der Waals surface area contributed by atoms with E-state index in [9.17, 15) is 9.59 Å². The zero-order valence-electron chi connectivity index (χ0n) is 15.6. The maximum atomic E-state index is 12.4. The Labute approximate surface area is 171 Å². The first-order valence-electron chi connectivity index (χ1n) is 8.95. The molecule has 0 aliphatic carbocycles. The Kier molecular flexibility index (Phi) is 5.35. The number of hydrogen-bond acceptors (Lipinski definition) is 6. The average molecular weight is 403 g/mol. The summed E-state index contributed by atoms with van der Waals surface area (Å²) < 4.78 is 10.7. The monoisotopic (exact) mass is 403 g/mol. The van der Waals surface area contributed by atoms with Gasteiger partial charge < -0.3 is 9.47 Å². The van der Waals surface area contributed by atoms with Gasteiger partial charge in [-0.15, -0.1) is 11.3 Å². The van der Waals surface area contributed by atoms with Gasteiger partial charge in [-0.2, -0.15) is 0 Å². The second-order valence-electron chi connectivity index (χ2n) is 6.35. The van der Waals surface area contributed by atoms with Gasteiger partial charge in [-0.1, -0.05) is 36.4 Å². The standard InChI is InChI=1S/C23H17NO4S/c1-27-20-13-15(9-10-17(20)14-19(25)21-8-5-11-29-21)12-18-23(26)28-22(24-18)16-6-3-2-4-7-16/h2-13H,14H2,1H3/b18-12+. The number of benzene rings is 2. The molecule has 0 spiro atoms. The zero-order valence-corrected chi connectivity index (χ0v) is 16.4. The molecule has 0 fully saturated rings. The lowest BCUT2D eigenvalue weighted by Crippen LogP contribution is -2.05. The molecular weight excluding hydrogens is 386 g/mol. The number of ketones is 1. The van der Waals surface area contributed by atoms with Gasteiger partial charge in [0.05, 0.1) is 12.0 Å². The highest BCUT2D eigenvalue weighted by molar-refractivity contribution is 7.12. The zero-order chi connectivity index (χ0) is 20.2. The minimum absolute atomic E-state index is 0.0425. The highest BCUT2D eigenvalue weighted by atomic mass is 32.1. The van der Waals surface area contributed by atoms with Crippen molar-refractivity contribution < 1.29 is 19.1 Å². The van der Waals surface area contributed by atoms with Gasteiger partial charge in [-0.25, -0.2) is 9.79 Å². The van der Waals surface area contributed by atoms with Crippen LogP contribution in [0.15, 0.2) is 76.7 Å². The molecule has 144 valence electrons. The number of nitrogens with zero attached hydrogens (tertiary/aromatic N) is 1. The number of hydrogen-bond donors (Lipinski definition) is 0. The van der Waals surface area contributed by atoms with E-state index in [-0.39, 0.29) is 23.8 Å². The minimum Gasteiger partial charge on any atom is -0.496 e. The topological polar surface area (TPSA) is 65.0 Å². The van der Waals surface area contributed by atoms with E-state index in [4.69, 9.17) is 9.47 Å². The molecule has 0 N–H and O–H groups in total. The largest absolute Gasteiger partial charge is 0.496 e. The molecule has 1 aromatic heterocycles. The lowest BCUT2D eigenvalue weighted by molar-refractivity contribution is -0.129. The van der Waals surface area contributed by atoms with Gasteiger partial charge >= 0.3 is 5.97 Å². The summed E-state index contributed by atoms with van der Waals surface area (Å²) in [5.74, 6) is 0.413. The molecule has 0 saturated carbocycles. The predicted molar refractivity (Wildman–Crippen MR) is 112 cm³/mol. The fraction of sp³-hybridized carbons (Fsp3) is 0.0870. The number of Topliss-reactive ketones (excluding diaryl/α,β-unsaturated/α-hetero) is 1. The van der Waals surface area contributed by atoms with Gasteiger partial charge in [-0.05, 0) is 41.3 Å². The van der Waals surface area contributed by atoms with Crippen molar-refractivity contribution in [2.45, 2.75) is 6.42 Å². The first-order valence-corrected chi connectivity index (χ1v) is 9.83. The Hall–Kier alpha value is -3.51. The first-order chi connectivity index (χ1) is 14.1. The summed E-state index contributed by atoms with van der Waals surface area (Å²) in [5.41, 5.74) is 2.48. The average Bonchev–Trinajstić information content (AvgIpc) is 3.40. The summed E-state index contributed by atoms with van der Waals surface area (Å²) >= 11 is 1.42. The van der Waals surface area contributed by atoms with E-state index >= 15 is 0 Å². The molecule has 3 aromatic rings. The second kappa shape index (κ2) is 8.24. The molecule has 0 bridgehead atoms. The number of cyclic esters (lactones) is 1. The number of carbonyl (C=O) groups excluding carboxylic acids is 2. The molecule has 2 heterocycles. The van der Waals surface area contributed by atoms with Crippen molar-refractivity contribution >= 4 is 35.1 Å². The Morgan fingerprint density at radius 1 is 1.14 bits per heavy atom. The fourth-order valence-electron chi connectivity index (χ4n) is 2.97. The van der Waals surface area contributed by atoms with E-state index in [0.29, 0.717) is 5.75 Å². The molecule has 0 unspecified atom stereocenters. The molecule has 6 heteroatoms. The number of esters is 1. The van der Waals surface area contributed by atoms with Crippen LogP contribution in [0, 0.1) is 0 Å². The van der Waals surface area contributed by atoms with Crippen LogP contribution in [-0.4, -0.2) is 24.8 Å². The number of rotatable bonds is 6. The summed E-state index contributed by atoms with van der Waals surface area (Å²) in [7, 11) is 1.56. The Balaban J connectivity index is 1.58. The van der Waals surface area contributed by atoms with Crippen molar-refractivity contribution in [3.05, 3.63) is 93.3 Å². The molecule has 5 nitrogen and oxygen atoms in total. The predicted octanol–water partition coefficient (Wildman–Crippen LogP) is 4.53. The molecule has 1 aliphatic heterocycles. The second-order valence-corrected chi connectivity index (χ2v) is 7.30. The van der Waals surface area contributed by atoms with Crippen molar-refractivity contribution in [1.82, 2.24) is 0 Å². The van der Waals surface area contributed by atoms with Gasteiger partial charge in [0.1, 0.15) is 5.75 Å². The summed E-state index contributed by atoms with van der Waals surface area (Å²) in [5, 5.41) is 1.88. The third kappa shape index (κ3) is 4.17. The van der Waals surface area contributed by atoms with Crippen LogP contribution in [0.25, 0.3) is 6.08 Å². The van der Waals surface area contributed by atoms with E-state index in [1.165, 1.54) is 11.3 Å². The number of carbonyl (C=O) groups is 2. The van der Waals surface area contributed by atoms with E-state index in [2.05, 4.69) is 4.99 Å². The first kappa shape index (κ1) is 18.8. The highest BCUT2D eigenvalue weighted by Gasteiger charge is 2.24. The van der Waals surface area contributed by atoms with Crippen molar-refractivity contribution in [3.63, 3.8) is 0 Å². The van der Waals surface area contributed by atoms with Crippen LogP contribution >= 0.6 is 11.3 Å². The maximum Gasteiger partial charge on any atom is 0.363 e. The summed E-state index contributed by atoms with van der Waals surface area (Å²) in [4.78, 5) is 29.6. The lowest BCUT2D eigenvalue weighted by atomic mass is 10.0. The molecule has 4 rings (SSSR count). The molecule has 1 aliphatic rings. The molecule has 0 amide bonds. The number of methoxy groups -OCH3 is 1. The maximum absolute atomic E-state index is 12.4. The van der Waals surface area contributed by atoms with Gasteiger partial charge in [0.2, 0.25) is 5.90 Å². The van der Waals surface area contributed by atoms with Crippen LogP contribution in [0.5, 0.6) is 5.75 Å². The van der Waals surface area contributed by atoms with E-state index < -0.39 is 5.97 Å². The number of aliphatic imine (C=N–C) groups is 1. The molecule has 0 saturated heterocycles. The van der Waals surface area contributed by atoms with Crippen LogP contribution in [0.1, 0.15) is 26.4 Å². The summed E-state index contributed by atoms with van der Waals surface area (Å²) in [6.45, 7) is 0. The highest BCUT2D eigenvalue weighted by Crippen LogP contribution is 2.26. The van der Waals surface area contributed by atoms with Crippen LogP contribution in [-0.2, 0) is 16.0 Å². The third-order valence-corrected chi connectivity index (χ3v) is 5.31. The third-order valence-electron chi connectivity index (χ3n) is 4.40. The normalized spacial score (nSPS) is 14.6. The fourth-order valence-corrected chi connectivity index (χ4v) is 3.63. The van der Waals surface area contributed by atoms with E-state index in [1.54, 1.807) is 19.3 Å². The minimum atomic E-state index is -0.500. The van der Waals surface area contributed by atoms with Crippen molar-refractivity contribution in [1.29, 1.82) is 0 Å². The molecule has 0 radical (unpaired) electrons. The molecule has 2 aromatic carbocycles. The quantitative estimate of drug-likeness (QED) is 0.345. The van der Waals surface area contributed by atoms with Crippen LogP contribution < -0.4 is 4.74 Å². The smallest absolute Gasteiger partial charge is 0.363 e. The van der Waals surface area contributed by atoms with Crippen LogP contribution in [0.4, 0.5) is 0 Å². The van der Waals surface area contributed by atoms with Gasteiger partial charge in [0, 0.05) is 17.5 Å². The Morgan fingerprint density at radius 3 is 2.69 bits per heavy atom. The van der Waals surface area contributed by atoms with E-state index in [1.807, 2.05) is 60.0 Å². The lowest BCUT2D eigenvalue weighted by Gasteiger charge is -2.08. The van der Waals surface area contributed by atoms with E-state index in [0.717, 1.165) is 21.6 Å². The Morgan fingerprint density at radius 2 is 1.97 bits per heavy atom. The summed E-state index contributed by atoms with van der Waals surface area (Å²) in [6.07, 6.45) is 1.89. The van der Waals surface area contributed by atoms with Gasteiger partial charge in [-0.3, -0.25) is 4.79 Å². The number of ether oxygens (including phenoxy) is 2. The Bertz CT molecular complexity index is 1120. The number of thiophene rings is 1. The summed E-state index contributed by atoms with van der Waals surface area (Å²) in [6, 6.07) is 18.4.